The quantitative estimate of drug-likeness (QED) is 0.821. The number of carbonyl (C=O) groups excluding carboxylic acids is 1. The Bertz CT molecular complexity index is 626. The van der Waals surface area contributed by atoms with E-state index in [4.69, 9.17) is 14.2 Å². The molecule has 136 valence electrons. The molecule has 1 aromatic carbocycles. The molecule has 6 nitrogen and oxygen atoms in total. The number of ether oxygens (including phenoxy) is 3. The van der Waals surface area contributed by atoms with E-state index in [2.05, 4.69) is 18.3 Å². The van der Waals surface area contributed by atoms with Crippen LogP contribution in [0.1, 0.15) is 44.2 Å². The van der Waals surface area contributed by atoms with E-state index in [9.17, 15) is 10.1 Å². The van der Waals surface area contributed by atoms with Crippen LogP contribution >= 0.6 is 0 Å². The van der Waals surface area contributed by atoms with Gasteiger partial charge in [0.25, 0.3) is 0 Å². The van der Waals surface area contributed by atoms with Crippen molar-refractivity contribution in [1.29, 1.82) is 5.26 Å². The number of carbonyl (C=O) groups is 1. The standard InChI is InChI=1S/C19H26N2O4/c1-13-5-4-6-15(9-13)25-12-19(22)21-17(11-20)16-8-7-14(23-2)10-18(16)24-3/h7-8,10,13,15,17H,4-6,9,12H2,1-3H3,(H,21,22)/t13-,15-,17-/m0/s1. The maximum Gasteiger partial charge on any atom is 0.247 e. The average Bonchev–Trinajstić information content (AvgIpc) is 2.64. The lowest BCUT2D eigenvalue weighted by Gasteiger charge is -2.26. The number of rotatable bonds is 7. The molecule has 0 unspecified atom stereocenters. The van der Waals surface area contributed by atoms with Crippen molar-refractivity contribution >= 4 is 5.91 Å². The van der Waals surface area contributed by atoms with E-state index in [1.54, 1.807) is 25.3 Å². The van der Waals surface area contributed by atoms with Crippen LogP contribution in [-0.4, -0.2) is 32.8 Å². The molecule has 3 atom stereocenters. The fourth-order valence-electron chi connectivity index (χ4n) is 3.16. The first-order chi connectivity index (χ1) is 12.1. The molecule has 1 aromatic rings. The highest BCUT2D eigenvalue weighted by atomic mass is 16.5. The molecule has 1 aliphatic rings. The first kappa shape index (κ1) is 19.1. The van der Waals surface area contributed by atoms with Crippen molar-refractivity contribution < 1.29 is 19.0 Å². The summed E-state index contributed by atoms with van der Waals surface area (Å²) in [6.45, 7) is 2.17. The molecule has 0 bridgehead atoms. The summed E-state index contributed by atoms with van der Waals surface area (Å²) in [6, 6.07) is 6.43. The summed E-state index contributed by atoms with van der Waals surface area (Å²) in [4.78, 5) is 12.2. The van der Waals surface area contributed by atoms with Gasteiger partial charge in [-0.05, 0) is 30.9 Å². The number of nitriles is 1. The second kappa shape index (κ2) is 9.28. The fraction of sp³-hybridized carbons (Fsp3) is 0.579. The van der Waals surface area contributed by atoms with Crippen molar-refractivity contribution in [3.8, 4) is 17.6 Å². The zero-order valence-electron chi connectivity index (χ0n) is 15.1. The van der Waals surface area contributed by atoms with Crippen molar-refractivity contribution in [1.82, 2.24) is 5.32 Å². The molecule has 25 heavy (non-hydrogen) atoms. The third kappa shape index (κ3) is 5.36. The van der Waals surface area contributed by atoms with Gasteiger partial charge in [0.2, 0.25) is 5.91 Å². The average molecular weight is 346 g/mol. The van der Waals surface area contributed by atoms with Gasteiger partial charge in [-0.2, -0.15) is 5.26 Å². The van der Waals surface area contributed by atoms with Crippen LogP contribution in [0, 0.1) is 17.2 Å². The Morgan fingerprint density at radius 2 is 2.16 bits per heavy atom. The van der Waals surface area contributed by atoms with Crippen molar-refractivity contribution in [2.45, 2.75) is 44.8 Å². The van der Waals surface area contributed by atoms with Crippen LogP contribution in [0.3, 0.4) is 0 Å². The Labute approximate surface area is 149 Å². The first-order valence-electron chi connectivity index (χ1n) is 8.59. The third-order valence-electron chi connectivity index (χ3n) is 4.52. The number of benzene rings is 1. The topological polar surface area (TPSA) is 80.6 Å². The van der Waals surface area contributed by atoms with E-state index < -0.39 is 6.04 Å². The lowest BCUT2D eigenvalue weighted by Crippen LogP contribution is -2.33. The Morgan fingerprint density at radius 1 is 1.36 bits per heavy atom. The third-order valence-corrected chi connectivity index (χ3v) is 4.52. The molecule has 0 saturated heterocycles. The molecule has 0 heterocycles. The van der Waals surface area contributed by atoms with Crippen LogP contribution in [0.25, 0.3) is 0 Å². The van der Waals surface area contributed by atoms with E-state index in [0.717, 1.165) is 19.3 Å². The fourth-order valence-corrected chi connectivity index (χ4v) is 3.16. The number of amides is 1. The summed E-state index contributed by atoms with van der Waals surface area (Å²) in [6.07, 6.45) is 4.47. The smallest absolute Gasteiger partial charge is 0.247 e. The lowest BCUT2D eigenvalue weighted by atomic mass is 9.89. The van der Waals surface area contributed by atoms with Gasteiger partial charge >= 0.3 is 0 Å². The highest BCUT2D eigenvalue weighted by Crippen LogP contribution is 2.29. The van der Waals surface area contributed by atoms with Gasteiger partial charge in [-0.1, -0.05) is 19.8 Å². The van der Waals surface area contributed by atoms with E-state index >= 15 is 0 Å². The minimum absolute atomic E-state index is 0.0337. The molecule has 6 heteroatoms. The van der Waals surface area contributed by atoms with E-state index in [-0.39, 0.29) is 18.6 Å². The maximum atomic E-state index is 12.2. The SMILES string of the molecule is COc1ccc([C@H](C#N)NC(=O)CO[C@H]2CCC[C@H](C)C2)c(OC)c1. The molecular weight excluding hydrogens is 320 g/mol. The molecule has 0 radical (unpaired) electrons. The number of nitrogens with one attached hydrogen (secondary N) is 1. The largest absolute Gasteiger partial charge is 0.497 e. The van der Waals surface area contributed by atoms with Crippen LogP contribution in [0.4, 0.5) is 0 Å². The summed E-state index contributed by atoms with van der Waals surface area (Å²) in [7, 11) is 3.07. The van der Waals surface area contributed by atoms with E-state index in [1.807, 2.05) is 0 Å². The van der Waals surface area contributed by atoms with E-state index in [0.29, 0.717) is 23.0 Å². The molecule has 0 aromatic heterocycles. The number of hydrogen-bond donors (Lipinski definition) is 1. The van der Waals surface area contributed by atoms with Crippen LogP contribution < -0.4 is 14.8 Å². The number of nitrogens with zero attached hydrogens (tertiary/aromatic N) is 1. The van der Waals surface area contributed by atoms with Crippen molar-refractivity contribution in [2.75, 3.05) is 20.8 Å². The van der Waals surface area contributed by atoms with Crippen molar-refractivity contribution in [2.24, 2.45) is 5.92 Å². The summed E-state index contributed by atoms with van der Waals surface area (Å²) in [5, 5.41) is 12.1. The minimum Gasteiger partial charge on any atom is -0.497 e. The molecule has 1 aliphatic carbocycles. The van der Waals surface area contributed by atoms with Gasteiger partial charge in [0.15, 0.2) is 0 Å². The van der Waals surface area contributed by atoms with Crippen molar-refractivity contribution in [3.63, 3.8) is 0 Å². The highest BCUT2D eigenvalue weighted by molar-refractivity contribution is 5.78. The Kier molecular flexibility index (Phi) is 7.08. The Morgan fingerprint density at radius 3 is 2.80 bits per heavy atom. The first-order valence-corrected chi connectivity index (χ1v) is 8.59. The summed E-state index contributed by atoms with van der Waals surface area (Å²) in [5.74, 6) is 1.45. The zero-order valence-corrected chi connectivity index (χ0v) is 15.1. The van der Waals surface area contributed by atoms with Crippen LogP contribution in [0.2, 0.25) is 0 Å². The highest BCUT2D eigenvalue weighted by Gasteiger charge is 2.22. The predicted molar refractivity (Wildman–Crippen MR) is 93.4 cm³/mol. The molecule has 2 rings (SSSR count). The van der Waals surface area contributed by atoms with Gasteiger partial charge in [0, 0.05) is 11.6 Å². The normalized spacial score (nSPS) is 21.0. The molecule has 1 saturated carbocycles. The van der Waals surface area contributed by atoms with Gasteiger partial charge in [-0.15, -0.1) is 0 Å². The van der Waals surface area contributed by atoms with Gasteiger partial charge in [-0.3, -0.25) is 4.79 Å². The maximum absolute atomic E-state index is 12.2. The van der Waals surface area contributed by atoms with Crippen LogP contribution in [-0.2, 0) is 9.53 Å². The number of methoxy groups -OCH3 is 2. The van der Waals surface area contributed by atoms with Gasteiger partial charge in [0.05, 0.1) is 26.4 Å². The second-order valence-corrected chi connectivity index (χ2v) is 6.44. The van der Waals surface area contributed by atoms with Crippen LogP contribution in [0.5, 0.6) is 11.5 Å². The second-order valence-electron chi connectivity index (χ2n) is 6.44. The van der Waals surface area contributed by atoms with Gasteiger partial charge < -0.3 is 19.5 Å². The zero-order chi connectivity index (χ0) is 18.2. The monoisotopic (exact) mass is 346 g/mol. The van der Waals surface area contributed by atoms with Crippen molar-refractivity contribution in [3.05, 3.63) is 23.8 Å². The molecule has 1 N–H and O–H groups in total. The van der Waals surface area contributed by atoms with Gasteiger partial charge in [0.1, 0.15) is 24.1 Å². The minimum atomic E-state index is -0.803. The molecule has 0 spiro atoms. The van der Waals surface area contributed by atoms with E-state index in [1.165, 1.54) is 13.5 Å². The summed E-state index contributed by atoms with van der Waals surface area (Å²) < 4.78 is 16.2. The molecule has 1 amide bonds. The molecule has 0 aliphatic heterocycles. The Hall–Kier alpha value is -2.26. The Balaban J connectivity index is 1.95. The summed E-state index contributed by atoms with van der Waals surface area (Å²) >= 11 is 0. The summed E-state index contributed by atoms with van der Waals surface area (Å²) in [5.41, 5.74) is 0.588. The number of hydrogen-bond acceptors (Lipinski definition) is 5. The molecular formula is C19H26N2O4. The molecule has 1 fully saturated rings. The predicted octanol–water partition coefficient (Wildman–Crippen LogP) is 2.98. The van der Waals surface area contributed by atoms with Gasteiger partial charge in [-0.25, -0.2) is 0 Å². The van der Waals surface area contributed by atoms with Crippen LogP contribution in [0.15, 0.2) is 18.2 Å². The lowest BCUT2D eigenvalue weighted by molar-refractivity contribution is -0.129.